The zero-order valence-corrected chi connectivity index (χ0v) is 9.12. The molecule has 76 valence electrons. The molecule has 0 saturated carbocycles. The summed E-state index contributed by atoms with van der Waals surface area (Å²) in [5.74, 6) is 0. The molecule has 1 nitrogen and oxygen atoms in total. The normalized spacial score (nSPS) is 15.1. The standard InChI is InChI=1S/C14H15N/c1-11-6-3-4-8-14(11)13-7-5-9-15-12(2)10-13/h3-10,15H,1-2H3. The fraction of sp³-hybridized carbons (Fsp3) is 0.143. The van der Waals surface area contributed by atoms with E-state index in [1.807, 2.05) is 12.3 Å². The average Bonchev–Trinajstić information content (AvgIpc) is 2.43. The van der Waals surface area contributed by atoms with Crippen molar-refractivity contribution in [1.82, 2.24) is 5.32 Å². The van der Waals surface area contributed by atoms with Crippen LogP contribution in [0.4, 0.5) is 0 Å². The van der Waals surface area contributed by atoms with Crippen LogP contribution in [0.1, 0.15) is 18.1 Å². The molecule has 1 heteroatoms. The van der Waals surface area contributed by atoms with Gasteiger partial charge in [-0.15, -0.1) is 0 Å². The third-order valence-electron chi connectivity index (χ3n) is 2.51. The largest absolute Gasteiger partial charge is 0.365 e. The number of nitrogens with one attached hydrogen (secondary N) is 1. The lowest BCUT2D eigenvalue weighted by Crippen LogP contribution is -1.99. The maximum Gasteiger partial charge on any atom is 0.0121 e. The Bertz CT molecular complexity index is 450. The molecule has 0 bridgehead atoms. The van der Waals surface area contributed by atoms with Gasteiger partial charge in [-0.2, -0.15) is 0 Å². The molecular formula is C14H15N. The second kappa shape index (κ2) is 4.18. The molecule has 2 rings (SSSR count). The van der Waals surface area contributed by atoms with Crippen LogP contribution in [0.15, 0.2) is 54.4 Å². The average molecular weight is 197 g/mol. The van der Waals surface area contributed by atoms with Gasteiger partial charge in [0.25, 0.3) is 0 Å². The van der Waals surface area contributed by atoms with E-state index in [0.29, 0.717) is 0 Å². The summed E-state index contributed by atoms with van der Waals surface area (Å²) in [6, 6.07) is 8.45. The van der Waals surface area contributed by atoms with Crippen molar-refractivity contribution in [2.45, 2.75) is 13.8 Å². The lowest BCUT2D eigenvalue weighted by Gasteiger charge is -2.06. The van der Waals surface area contributed by atoms with E-state index >= 15 is 0 Å². The SMILES string of the molecule is CC1=CC(c2ccccc2C)=CC=CN1. The van der Waals surface area contributed by atoms with Gasteiger partial charge in [-0.1, -0.05) is 30.3 Å². The van der Waals surface area contributed by atoms with Crippen LogP contribution in [-0.2, 0) is 0 Å². The summed E-state index contributed by atoms with van der Waals surface area (Å²) in [6.45, 7) is 4.21. The highest BCUT2D eigenvalue weighted by Gasteiger charge is 2.02. The topological polar surface area (TPSA) is 12.0 Å². The van der Waals surface area contributed by atoms with Crippen LogP contribution >= 0.6 is 0 Å². The molecule has 0 unspecified atom stereocenters. The second-order valence-corrected chi connectivity index (χ2v) is 3.77. The lowest BCUT2D eigenvalue weighted by molar-refractivity contribution is 1.06. The predicted octanol–water partition coefficient (Wildman–Crippen LogP) is 3.40. The van der Waals surface area contributed by atoms with Crippen LogP contribution in [-0.4, -0.2) is 0 Å². The second-order valence-electron chi connectivity index (χ2n) is 3.77. The molecule has 1 aliphatic heterocycles. The Balaban J connectivity index is 2.47. The summed E-state index contributed by atoms with van der Waals surface area (Å²) in [5, 5.41) is 3.19. The van der Waals surface area contributed by atoms with Crippen LogP contribution in [0, 0.1) is 6.92 Å². The minimum absolute atomic E-state index is 1.17. The van der Waals surface area contributed by atoms with Crippen molar-refractivity contribution >= 4 is 5.57 Å². The molecule has 1 aromatic rings. The van der Waals surface area contributed by atoms with Gasteiger partial charge in [0.05, 0.1) is 0 Å². The molecule has 0 aromatic heterocycles. The minimum Gasteiger partial charge on any atom is -0.365 e. The third kappa shape index (κ3) is 2.18. The number of benzene rings is 1. The van der Waals surface area contributed by atoms with E-state index in [4.69, 9.17) is 0 Å². The third-order valence-corrected chi connectivity index (χ3v) is 2.51. The van der Waals surface area contributed by atoms with Gasteiger partial charge in [0, 0.05) is 11.9 Å². The quantitative estimate of drug-likeness (QED) is 0.727. The Labute approximate surface area is 90.8 Å². The highest BCUT2D eigenvalue weighted by molar-refractivity contribution is 5.77. The van der Waals surface area contributed by atoms with Crippen molar-refractivity contribution in [3.63, 3.8) is 0 Å². The summed E-state index contributed by atoms with van der Waals surface area (Å²) in [4.78, 5) is 0. The fourth-order valence-electron chi connectivity index (χ4n) is 1.72. The maximum absolute atomic E-state index is 3.19. The Hall–Kier alpha value is -1.76. The first kappa shape index (κ1) is 9.78. The first-order chi connectivity index (χ1) is 7.27. The van der Waals surface area contributed by atoms with Gasteiger partial charge in [-0.25, -0.2) is 0 Å². The number of aryl methyl sites for hydroxylation is 1. The Kier molecular flexibility index (Phi) is 2.72. The summed E-state index contributed by atoms with van der Waals surface area (Å²) >= 11 is 0. The van der Waals surface area contributed by atoms with Gasteiger partial charge in [-0.3, -0.25) is 0 Å². The van der Waals surface area contributed by atoms with Crippen LogP contribution in [0.5, 0.6) is 0 Å². The molecule has 0 aliphatic carbocycles. The number of rotatable bonds is 1. The molecule has 1 aliphatic rings. The molecule has 0 radical (unpaired) electrons. The van der Waals surface area contributed by atoms with E-state index in [-0.39, 0.29) is 0 Å². The highest BCUT2D eigenvalue weighted by Crippen LogP contribution is 2.21. The van der Waals surface area contributed by atoms with Crippen molar-refractivity contribution < 1.29 is 0 Å². The summed E-state index contributed by atoms with van der Waals surface area (Å²) in [5.41, 5.74) is 5.03. The maximum atomic E-state index is 3.19. The molecule has 0 spiro atoms. The predicted molar refractivity (Wildman–Crippen MR) is 65.2 cm³/mol. The van der Waals surface area contributed by atoms with Gasteiger partial charge in [0.1, 0.15) is 0 Å². The molecule has 1 aromatic carbocycles. The Morgan fingerprint density at radius 3 is 2.67 bits per heavy atom. The first-order valence-corrected chi connectivity index (χ1v) is 5.15. The monoisotopic (exact) mass is 197 g/mol. The van der Waals surface area contributed by atoms with E-state index in [1.54, 1.807) is 0 Å². The van der Waals surface area contributed by atoms with Gasteiger partial charge in [-0.05, 0) is 42.7 Å². The van der Waals surface area contributed by atoms with Crippen molar-refractivity contribution in [3.8, 4) is 0 Å². The van der Waals surface area contributed by atoms with E-state index in [9.17, 15) is 0 Å². The molecule has 0 atom stereocenters. The van der Waals surface area contributed by atoms with Gasteiger partial charge >= 0.3 is 0 Å². The smallest absolute Gasteiger partial charge is 0.0121 e. The number of hydrogen-bond acceptors (Lipinski definition) is 1. The fourth-order valence-corrected chi connectivity index (χ4v) is 1.72. The van der Waals surface area contributed by atoms with Crippen LogP contribution in [0.3, 0.4) is 0 Å². The van der Waals surface area contributed by atoms with Gasteiger partial charge in [0.15, 0.2) is 0 Å². The molecule has 1 N–H and O–H groups in total. The van der Waals surface area contributed by atoms with Crippen molar-refractivity contribution in [3.05, 3.63) is 65.5 Å². The van der Waals surface area contributed by atoms with Crippen LogP contribution in [0.2, 0.25) is 0 Å². The molecule has 0 fully saturated rings. The van der Waals surface area contributed by atoms with Crippen LogP contribution in [0.25, 0.3) is 5.57 Å². The summed E-state index contributed by atoms with van der Waals surface area (Å²) in [7, 11) is 0. The van der Waals surface area contributed by atoms with Crippen molar-refractivity contribution in [1.29, 1.82) is 0 Å². The minimum atomic E-state index is 1.17. The van der Waals surface area contributed by atoms with E-state index in [2.05, 4.69) is 55.6 Å². The van der Waals surface area contributed by atoms with Crippen molar-refractivity contribution in [2.75, 3.05) is 0 Å². The zero-order chi connectivity index (χ0) is 10.7. The number of hydrogen-bond donors (Lipinski definition) is 1. The molecule has 0 amide bonds. The Morgan fingerprint density at radius 2 is 1.87 bits per heavy atom. The Morgan fingerprint density at radius 1 is 1.07 bits per heavy atom. The molecule has 1 heterocycles. The van der Waals surface area contributed by atoms with Crippen LogP contribution < -0.4 is 5.32 Å². The summed E-state index contributed by atoms with van der Waals surface area (Å²) in [6.07, 6.45) is 8.29. The highest BCUT2D eigenvalue weighted by atomic mass is 14.8. The first-order valence-electron chi connectivity index (χ1n) is 5.15. The van der Waals surface area contributed by atoms with E-state index in [1.165, 1.54) is 22.4 Å². The van der Waals surface area contributed by atoms with Gasteiger partial charge < -0.3 is 5.32 Å². The van der Waals surface area contributed by atoms with E-state index in [0.717, 1.165) is 0 Å². The zero-order valence-electron chi connectivity index (χ0n) is 9.12. The summed E-state index contributed by atoms with van der Waals surface area (Å²) < 4.78 is 0. The van der Waals surface area contributed by atoms with Crippen molar-refractivity contribution in [2.24, 2.45) is 0 Å². The van der Waals surface area contributed by atoms with E-state index < -0.39 is 0 Å². The van der Waals surface area contributed by atoms with Gasteiger partial charge in [0.2, 0.25) is 0 Å². The lowest BCUT2D eigenvalue weighted by atomic mass is 10.00. The molecule has 0 saturated heterocycles. The number of allylic oxidation sites excluding steroid dienone is 5. The molecular weight excluding hydrogens is 182 g/mol. The molecule has 15 heavy (non-hydrogen) atoms.